The largest absolute Gasteiger partial charge is 0.292 e. The Balaban J connectivity index is 2.18. The first kappa shape index (κ1) is 13.3. The van der Waals surface area contributed by atoms with Gasteiger partial charge in [-0.1, -0.05) is 0 Å². The summed E-state index contributed by atoms with van der Waals surface area (Å²) in [6.07, 6.45) is 0.825. The van der Waals surface area contributed by atoms with Gasteiger partial charge in [-0.3, -0.25) is 19.3 Å². The van der Waals surface area contributed by atoms with Crippen LogP contribution in [0.1, 0.15) is 29.6 Å². The molecule has 2 rings (SSSR count). The predicted molar refractivity (Wildman–Crippen MR) is 61.3 cm³/mol. The molecule has 0 bridgehead atoms. The third-order valence-corrected chi connectivity index (χ3v) is 2.91. The van der Waals surface area contributed by atoms with Crippen molar-refractivity contribution in [3.63, 3.8) is 0 Å². The lowest BCUT2D eigenvalue weighted by atomic mass is 10.1. The van der Waals surface area contributed by atoms with Crippen LogP contribution in [0, 0.1) is 11.6 Å². The SMILES string of the molecule is O=C(CN1C(=O)CCCC1=O)c1cc(F)ccc1F. The molecule has 6 heteroatoms. The van der Waals surface area contributed by atoms with Crippen molar-refractivity contribution in [1.82, 2.24) is 4.90 Å². The number of nitrogens with zero attached hydrogens (tertiary/aromatic N) is 1. The molecule has 0 atom stereocenters. The molecule has 0 radical (unpaired) electrons. The van der Waals surface area contributed by atoms with E-state index in [-0.39, 0.29) is 12.8 Å². The zero-order valence-corrected chi connectivity index (χ0v) is 9.99. The lowest BCUT2D eigenvalue weighted by Crippen LogP contribution is -2.43. The molecule has 100 valence electrons. The second-order valence-electron chi connectivity index (χ2n) is 4.27. The topological polar surface area (TPSA) is 54.5 Å². The van der Waals surface area contributed by atoms with Gasteiger partial charge in [0.2, 0.25) is 11.8 Å². The van der Waals surface area contributed by atoms with Gasteiger partial charge in [-0.05, 0) is 24.6 Å². The molecule has 1 aromatic rings. The Bertz CT molecular complexity index is 541. The lowest BCUT2D eigenvalue weighted by Gasteiger charge is -2.24. The van der Waals surface area contributed by atoms with Gasteiger partial charge in [0.15, 0.2) is 5.78 Å². The monoisotopic (exact) mass is 267 g/mol. The molecule has 2 amide bonds. The van der Waals surface area contributed by atoms with Crippen molar-refractivity contribution in [2.24, 2.45) is 0 Å². The molecule has 0 saturated carbocycles. The normalized spacial score (nSPS) is 15.8. The molecule has 0 unspecified atom stereocenters. The molecule has 0 aliphatic carbocycles. The third-order valence-electron chi connectivity index (χ3n) is 2.91. The number of amides is 2. The summed E-state index contributed by atoms with van der Waals surface area (Å²) in [6.45, 7) is -0.544. The fourth-order valence-electron chi connectivity index (χ4n) is 1.92. The van der Waals surface area contributed by atoms with Crippen molar-refractivity contribution in [2.75, 3.05) is 6.54 Å². The van der Waals surface area contributed by atoms with E-state index >= 15 is 0 Å². The van der Waals surface area contributed by atoms with Crippen molar-refractivity contribution < 1.29 is 23.2 Å². The van der Waals surface area contributed by atoms with Crippen LogP contribution in [-0.4, -0.2) is 29.0 Å². The molecule has 19 heavy (non-hydrogen) atoms. The Kier molecular flexibility index (Phi) is 3.69. The van der Waals surface area contributed by atoms with Crippen molar-refractivity contribution in [3.05, 3.63) is 35.4 Å². The molecule has 1 heterocycles. The molecule has 1 aliphatic rings. The van der Waals surface area contributed by atoms with E-state index in [2.05, 4.69) is 0 Å². The maximum absolute atomic E-state index is 13.4. The lowest BCUT2D eigenvalue weighted by molar-refractivity contribution is -0.147. The maximum Gasteiger partial charge on any atom is 0.229 e. The third kappa shape index (κ3) is 2.83. The Morgan fingerprint density at radius 3 is 2.42 bits per heavy atom. The summed E-state index contributed by atoms with van der Waals surface area (Å²) in [5, 5.41) is 0. The number of halogens is 2. The van der Waals surface area contributed by atoms with E-state index in [1.54, 1.807) is 0 Å². The van der Waals surface area contributed by atoms with Crippen LogP contribution in [0.4, 0.5) is 8.78 Å². The molecule has 1 fully saturated rings. The van der Waals surface area contributed by atoms with Crippen LogP contribution < -0.4 is 0 Å². The number of Topliss-reactive ketones (excluding diaryl/α,β-unsaturated/α-hetero) is 1. The van der Waals surface area contributed by atoms with Gasteiger partial charge >= 0.3 is 0 Å². The highest BCUT2D eigenvalue weighted by Crippen LogP contribution is 2.15. The average molecular weight is 267 g/mol. The highest BCUT2D eigenvalue weighted by atomic mass is 19.1. The van der Waals surface area contributed by atoms with Gasteiger partial charge in [0.05, 0.1) is 12.1 Å². The predicted octanol–water partition coefficient (Wildman–Crippen LogP) is 1.69. The van der Waals surface area contributed by atoms with E-state index in [0.29, 0.717) is 6.42 Å². The summed E-state index contributed by atoms with van der Waals surface area (Å²) in [6, 6.07) is 2.49. The molecular weight excluding hydrogens is 256 g/mol. The Morgan fingerprint density at radius 2 is 1.79 bits per heavy atom. The summed E-state index contributed by atoms with van der Waals surface area (Å²) in [7, 11) is 0. The van der Waals surface area contributed by atoms with Crippen molar-refractivity contribution in [3.8, 4) is 0 Å². The van der Waals surface area contributed by atoms with Gasteiger partial charge in [0.25, 0.3) is 0 Å². The van der Waals surface area contributed by atoms with E-state index in [0.717, 1.165) is 23.1 Å². The number of rotatable bonds is 3. The van der Waals surface area contributed by atoms with Crippen LogP contribution in [0.2, 0.25) is 0 Å². The summed E-state index contributed by atoms with van der Waals surface area (Å²) < 4.78 is 26.4. The highest BCUT2D eigenvalue weighted by molar-refractivity contribution is 6.05. The van der Waals surface area contributed by atoms with Crippen molar-refractivity contribution >= 4 is 17.6 Å². The van der Waals surface area contributed by atoms with Crippen LogP contribution in [0.3, 0.4) is 0 Å². The smallest absolute Gasteiger partial charge is 0.229 e. The quantitative estimate of drug-likeness (QED) is 0.618. The number of carbonyl (C=O) groups is 3. The molecule has 1 aromatic carbocycles. The van der Waals surface area contributed by atoms with Gasteiger partial charge in [-0.2, -0.15) is 0 Å². The number of benzene rings is 1. The van der Waals surface area contributed by atoms with E-state index in [9.17, 15) is 23.2 Å². The minimum Gasteiger partial charge on any atom is -0.292 e. The zero-order valence-electron chi connectivity index (χ0n) is 9.99. The van der Waals surface area contributed by atoms with Crippen molar-refractivity contribution in [2.45, 2.75) is 19.3 Å². The Hall–Kier alpha value is -2.11. The van der Waals surface area contributed by atoms with E-state index < -0.39 is 41.3 Å². The number of carbonyl (C=O) groups excluding carboxylic acids is 3. The van der Waals surface area contributed by atoms with Crippen LogP contribution in [0.5, 0.6) is 0 Å². The number of likely N-dealkylation sites (tertiary alicyclic amines) is 1. The maximum atomic E-state index is 13.4. The van der Waals surface area contributed by atoms with Gasteiger partial charge < -0.3 is 0 Å². The first-order valence-electron chi connectivity index (χ1n) is 5.80. The Labute approximate surface area is 108 Å². The second-order valence-corrected chi connectivity index (χ2v) is 4.27. The van der Waals surface area contributed by atoms with E-state index in [4.69, 9.17) is 0 Å². The summed E-state index contributed by atoms with van der Waals surface area (Å²) in [4.78, 5) is 35.6. The minimum atomic E-state index is -0.872. The molecule has 0 N–H and O–H groups in total. The van der Waals surface area contributed by atoms with Crippen LogP contribution in [0.25, 0.3) is 0 Å². The van der Waals surface area contributed by atoms with Gasteiger partial charge in [-0.25, -0.2) is 8.78 Å². The zero-order chi connectivity index (χ0) is 14.0. The molecule has 1 aliphatic heterocycles. The molecular formula is C13H11F2NO3. The highest BCUT2D eigenvalue weighted by Gasteiger charge is 2.28. The van der Waals surface area contributed by atoms with Gasteiger partial charge in [0.1, 0.15) is 11.6 Å². The number of imide groups is 1. The van der Waals surface area contributed by atoms with E-state index in [1.165, 1.54) is 0 Å². The summed E-state index contributed by atoms with van der Waals surface area (Å²) >= 11 is 0. The van der Waals surface area contributed by atoms with Gasteiger partial charge in [-0.15, -0.1) is 0 Å². The van der Waals surface area contributed by atoms with Crippen LogP contribution >= 0.6 is 0 Å². The number of hydrogen-bond acceptors (Lipinski definition) is 3. The molecule has 0 spiro atoms. The fourth-order valence-corrected chi connectivity index (χ4v) is 1.92. The molecule has 4 nitrogen and oxygen atoms in total. The number of piperidine rings is 1. The van der Waals surface area contributed by atoms with Crippen molar-refractivity contribution in [1.29, 1.82) is 0 Å². The number of ketones is 1. The summed E-state index contributed by atoms with van der Waals surface area (Å²) in [5.74, 6) is -3.33. The number of hydrogen-bond donors (Lipinski definition) is 0. The first-order valence-corrected chi connectivity index (χ1v) is 5.80. The standard InChI is InChI=1S/C13H11F2NO3/c14-8-4-5-10(15)9(6-8)11(17)7-16-12(18)2-1-3-13(16)19/h4-6H,1-3,7H2. The molecule has 0 aromatic heterocycles. The summed E-state index contributed by atoms with van der Waals surface area (Å²) in [5.41, 5.74) is -0.453. The van der Waals surface area contributed by atoms with E-state index in [1.807, 2.05) is 0 Å². The fraction of sp³-hybridized carbons (Fsp3) is 0.308. The Morgan fingerprint density at radius 1 is 1.16 bits per heavy atom. The first-order chi connectivity index (χ1) is 8.99. The van der Waals surface area contributed by atoms with Crippen LogP contribution in [-0.2, 0) is 9.59 Å². The minimum absolute atomic E-state index is 0.185. The average Bonchev–Trinajstić information content (AvgIpc) is 2.37. The van der Waals surface area contributed by atoms with Crippen LogP contribution in [0.15, 0.2) is 18.2 Å². The second kappa shape index (κ2) is 5.26. The molecule has 1 saturated heterocycles. The van der Waals surface area contributed by atoms with Gasteiger partial charge in [0, 0.05) is 12.8 Å².